The van der Waals surface area contributed by atoms with Crippen molar-refractivity contribution in [2.75, 3.05) is 35.0 Å². The lowest BCUT2D eigenvalue weighted by atomic mass is 10.1. The summed E-state index contributed by atoms with van der Waals surface area (Å²) in [6, 6.07) is 3.77. The number of likely N-dealkylation sites (N-methyl/N-ethyl adjacent to an activating group) is 1. The second-order valence-electron chi connectivity index (χ2n) is 4.67. The lowest BCUT2D eigenvalue weighted by Crippen LogP contribution is -2.24. The molecule has 0 aliphatic carbocycles. The van der Waals surface area contributed by atoms with E-state index >= 15 is 0 Å². The molecule has 0 aliphatic rings. The van der Waals surface area contributed by atoms with Gasteiger partial charge in [-0.15, -0.1) is 0 Å². The Morgan fingerprint density at radius 1 is 0.950 bits per heavy atom. The van der Waals surface area contributed by atoms with E-state index in [1.807, 2.05) is 33.0 Å². The molecule has 0 bridgehead atoms. The van der Waals surface area contributed by atoms with Crippen molar-refractivity contribution in [3.63, 3.8) is 0 Å². The Bertz CT molecular complexity index is 421. The van der Waals surface area contributed by atoms with Crippen molar-refractivity contribution in [1.82, 2.24) is 5.32 Å². The van der Waals surface area contributed by atoms with Gasteiger partial charge in [-0.25, -0.2) is 0 Å². The molecule has 20 heavy (non-hydrogen) atoms. The molecule has 0 saturated carbocycles. The SMILES string of the molecule is CNC(COC(C)C)c1cc(OC)c(OC)cc1OC. The zero-order chi connectivity index (χ0) is 15.1. The van der Waals surface area contributed by atoms with Crippen LogP contribution < -0.4 is 19.5 Å². The predicted molar refractivity (Wildman–Crippen MR) is 79.0 cm³/mol. The smallest absolute Gasteiger partial charge is 0.164 e. The van der Waals surface area contributed by atoms with E-state index in [9.17, 15) is 0 Å². The minimum atomic E-state index is 0.0205. The molecule has 1 unspecified atom stereocenters. The average Bonchev–Trinajstić information content (AvgIpc) is 2.46. The van der Waals surface area contributed by atoms with Gasteiger partial charge in [0, 0.05) is 11.6 Å². The van der Waals surface area contributed by atoms with Gasteiger partial charge < -0.3 is 24.3 Å². The molecule has 0 aliphatic heterocycles. The van der Waals surface area contributed by atoms with Crippen LogP contribution in [0.2, 0.25) is 0 Å². The maximum absolute atomic E-state index is 5.69. The molecule has 5 heteroatoms. The normalized spacial score (nSPS) is 12.3. The largest absolute Gasteiger partial charge is 0.496 e. The van der Waals surface area contributed by atoms with Gasteiger partial charge in [0.05, 0.1) is 40.1 Å². The van der Waals surface area contributed by atoms with Gasteiger partial charge in [-0.2, -0.15) is 0 Å². The molecule has 0 fully saturated rings. The van der Waals surface area contributed by atoms with Gasteiger partial charge in [0.15, 0.2) is 11.5 Å². The zero-order valence-corrected chi connectivity index (χ0v) is 13.1. The van der Waals surface area contributed by atoms with E-state index in [0.717, 1.165) is 11.3 Å². The standard InChI is InChI=1S/C15H25NO4/c1-10(2)20-9-12(16-3)11-7-14(18-5)15(19-6)8-13(11)17-4/h7-8,10,12,16H,9H2,1-6H3. The van der Waals surface area contributed by atoms with Gasteiger partial charge in [-0.1, -0.05) is 0 Å². The van der Waals surface area contributed by atoms with Gasteiger partial charge in [0.25, 0.3) is 0 Å². The Morgan fingerprint density at radius 2 is 1.50 bits per heavy atom. The first kappa shape index (κ1) is 16.6. The number of hydrogen-bond donors (Lipinski definition) is 1. The highest BCUT2D eigenvalue weighted by atomic mass is 16.5. The third kappa shape index (κ3) is 4.02. The third-order valence-electron chi connectivity index (χ3n) is 3.06. The molecule has 5 nitrogen and oxygen atoms in total. The van der Waals surface area contributed by atoms with E-state index in [0.29, 0.717) is 18.1 Å². The zero-order valence-electron chi connectivity index (χ0n) is 13.1. The molecular formula is C15H25NO4. The molecule has 1 aromatic rings. The summed E-state index contributed by atoms with van der Waals surface area (Å²) in [6.45, 7) is 4.58. The topological polar surface area (TPSA) is 49.0 Å². The number of hydrogen-bond acceptors (Lipinski definition) is 5. The van der Waals surface area contributed by atoms with Crippen molar-refractivity contribution >= 4 is 0 Å². The first-order valence-electron chi connectivity index (χ1n) is 6.66. The number of methoxy groups -OCH3 is 3. The molecule has 0 aromatic heterocycles. The summed E-state index contributed by atoms with van der Waals surface area (Å²) in [6.07, 6.45) is 0.178. The average molecular weight is 283 g/mol. The summed E-state index contributed by atoms with van der Waals surface area (Å²) >= 11 is 0. The Balaban J connectivity index is 3.12. The molecule has 0 heterocycles. The van der Waals surface area contributed by atoms with E-state index < -0.39 is 0 Å². The Labute approximate surface area is 121 Å². The highest BCUT2D eigenvalue weighted by Crippen LogP contribution is 2.37. The van der Waals surface area contributed by atoms with Crippen LogP contribution >= 0.6 is 0 Å². The molecule has 0 saturated heterocycles. The summed E-state index contributed by atoms with van der Waals surface area (Å²) in [4.78, 5) is 0. The van der Waals surface area contributed by atoms with E-state index in [2.05, 4.69) is 5.32 Å². The van der Waals surface area contributed by atoms with Crippen LogP contribution in [0.4, 0.5) is 0 Å². The van der Waals surface area contributed by atoms with Crippen molar-refractivity contribution in [2.45, 2.75) is 26.0 Å². The van der Waals surface area contributed by atoms with E-state index in [1.165, 1.54) is 0 Å². The van der Waals surface area contributed by atoms with Crippen molar-refractivity contribution in [3.05, 3.63) is 17.7 Å². The van der Waals surface area contributed by atoms with Crippen LogP contribution in [0, 0.1) is 0 Å². The van der Waals surface area contributed by atoms with E-state index in [1.54, 1.807) is 21.3 Å². The van der Waals surface area contributed by atoms with Crippen molar-refractivity contribution < 1.29 is 18.9 Å². The second-order valence-corrected chi connectivity index (χ2v) is 4.67. The summed E-state index contributed by atoms with van der Waals surface area (Å²) in [5, 5.41) is 3.24. The van der Waals surface area contributed by atoms with Crippen LogP contribution in [0.25, 0.3) is 0 Å². The first-order valence-corrected chi connectivity index (χ1v) is 6.66. The minimum Gasteiger partial charge on any atom is -0.496 e. The van der Waals surface area contributed by atoms with Crippen molar-refractivity contribution in [1.29, 1.82) is 0 Å². The van der Waals surface area contributed by atoms with Gasteiger partial charge in [-0.05, 0) is 27.0 Å². The first-order chi connectivity index (χ1) is 9.57. The van der Waals surface area contributed by atoms with Gasteiger partial charge in [0.2, 0.25) is 0 Å². The van der Waals surface area contributed by atoms with Crippen LogP contribution in [-0.4, -0.2) is 41.1 Å². The molecule has 1 rings (SSSR count). The van der Waals surface area contributed by atoms with Crippen LogP contribution in [-0.2, 0) is 4.74 Å². The van der Waals surface area contributed by atoms with Crippen molar-refractivity contribution in [2.24, 2.45) is 0 Å². The highest BCUT2D eigenvalue weighted by molar-refractivity contribution is 5.51. The summed E-state index contributed by atoms with van der Waals surface area (Å²) in [7, 11) is 6.76. The number of ether oxygens (including phenoxy) is 4. The van der Waals surface area contributed by atoms with Crippen molar-refractivity contribution in [3.8, 4) is 17.2 Å². The fraction of sp³-hybridized carbons (Fsp3) is 0.600. The summed E-state index contributed by atoms with van der Waals surface area (Å²) < 4.78 is 21.8. The molecular weight excluding hydrogens is 258 g/mol. The molecule has 1 aromatic carbocycles. The molecule has 1 N–H and O–H groups in total. The summed E-state index contributed by atoms with van der Waals surface area (Å²) in [5.41, 5.74) is 0.980. The maximum atomic E-state index is 5.69. The van der Waals surface area contributed by atoms with Crippen LogP contribution in [0.3, 0.4) is 0 Å². The van der Waals surface area contributed by atoms with Crippen LogP contribution in [0.15, 0.2) is 12.1 Å². The Kier molecular flexibility index (Phi) is 6.61. The Morgan fingerprint density at radius 3 is 1.95 bits per heavy atom. The summed E-state index contributed by atoms with van der Waals surface area (Å²) in [5.74, 6) is 2.06. The van der Waals surface area contributed by atoms with E-state index in [4.69, 9.17) is 18.9 Å². The van der Waals surface area contributed by atoms with Gasteiger partial charge in [0.1, 0.15) is 5.75 Å². The minimum absolute atomic E-state index is 0.0205. The fourth-order valence-electron chi connectivity index (χ4n) is 1.94. The quantitative estimate of drug-likeness (QED) is 0.794. The third-order valence-corrected chi connectivity index (χ3v) is 3.06. The molecule has 0 spiro atoms. The molecule has 0 radical (unpaired) electrons. The molecule has 1 atom stereocenters. The number of nitrogens with one attached hydrogen (secondary N) is 1. The predicted octanol–water partition coefficient (Wildman–Crippen LogP) is 2.40. The van der Waals surface area contributed by atoms with E-state index in [-0.39, 0.29) is 12.1 Å². The van der Waals surface area contributed by atoms with Gasteiger partial charge >= 0.3 is 0 Å². The van der Waals surface area contributed by atoms with Gasteiger partial charge in [-0.3, -0.25) is 0 Å². The molecule has 0 amide bonds. The van der Waals surface area contributed by atoms with Crippen LogP contribution in [0.1, 0.15) is 25.5 Å². The Hall–Kier alpha value is -1.46. The lowest BCUT2D eigenvalue weighted by Gasteiger charge is -2.22. The maximum Gasteiger partial charge on any atom is 0.164 e. The fourth-order valence-corrected chi connectivity index (χ4v) is 1.94. The van der Waals surface area contributed by atoms with Crippen LogP contribution in [0.5, 0.6) is 17.2 Å². The monoisotopic (exact) mass is 283 g/mol. The lowest BCUT2D eigenvalue weighted by molar-refractivity contribution is 0.0621. The number of benzene rings is 1. The number of rotatable bonds is 8. The molecule has 114 valence electrons. The highest BCUT2D eigenvalue weighted by Gasteiger charge is 2.19. The second kappa shape index (κ2) is 7.97.